The molecule has 0 radical (unpaired) electrons. The highest BCUT2D eigenvalue weighted by Gasteiger charge is 2.23. The number of methoxy groups -OCH3 is 1. The predicted molar refractivity (Wildman–Crippen MR) is 59.9 cm³/mol. The van der Waals surface area contributed by atoms with Gasteiger partial charge in [0.05, 0.1) is 12.8 Å². The summed E-state index contributed by atoms with van der Waals surface area (Å²) in [5, 5.41) is 0. The molecule has 1 aromatic heterocycles. The van der Waals surface area contributed by atoms with Crippen LogP contribution in [0.3, 0.4) is 0 Å². The molecule has 0 N–H and O–H groups in total. The minimum absolute atomic E-state index is 0.243. The zero-order chi connectivity index (χ0) is 11.4. The summed E-state index contributed by atoms with van der Waals surface area (Å²) in [5.41, 5.74) is 1.01. The van der Waals surface area contributed by atoms with Crippen LogP contribution in [0.2, 0.25) is 0 Å². The van der Waals surface area contributed by atoms with Gasteiger partial charge in [-0.25, -0.2) is 4.39 Å². The van der Waals surface area contributed by atoms with E-state index in [1.165, 1.54) is 6.20 Å². The molecule has 3 nitrogen and oxygen atoms in total. The van der Waals surface area contributed by atoms with Gasteiger partial charge in [0.25, 0.3) is 0 Å². The molecule has 16 heavy (non-hydrogen) atoms. The Morgan fingerprint density at radius 1 is 1.56 bits per heavy atom. The molecule has 2 rings (SSSR count). The third-order valence-corrected chi connectivity index (χ3v) is 3.08. The van der Waals surface area contributed by atoms with Gasteiger partial charge in [-0.3, -0.25) is 4.98 Å². The Labute approximate surface area is 95.2 Å². The van der Waals surface area contributed by atoms with E-state index in [2.05, 4.69) is 9.88 Å². The first-order valence-corrected chi connectivity index (χ1v) is 5.61. The number of nitrogens with zero attached hydrogens (tertiary/aromatic N) is 2. The minimum Gasteiger partial charge on any atom is -0.383 e. The number of hydrogen-bond donors (Lipinski definition) is 0. The van der Waals surface area contributed by atoms with Crippen LogP contribution in [0.4, 0.5) is 4.39 Å². The molecular weight excluding hydrogens is 207 g/mol. The molecule has 0 aromatic carbocycles. The largest absolute Gasteiger partial charge is 0.383 e. The number of halogens is 1. The highest BCUT2D eigenvalue weighted by atomic mass is 19.1. The van der Waals surface area contributed by atoms with Crippen molar-refractivity contribution in [3.8, 4) is 0 Å². The van der Waals surface area contributed by atoms with Crippen molar-refractivity contribution >= 4 is 0 Å². The Morgan fingerprint density at radius 3 is 3.19 bits per heavy atom. The average molecular weight is 224 g/mol. The zero-order valence-corrected chi connectivity index (χ0v) is 9.53. The van der Waals surface area contributed by atoms with Crippen molar-refractivity contribution in [2.75, 3.05) is 33.4 Å². The first-order valence-electron chi connectivity index (χ1n) is 5.61. The van der Waals surface area contributed by atoms with Gasteiger partial charge in [-0.2, -0.15) is 0 Å². The Bertz CT molecular complexity index is 346. The topological polar surface area (TPSA) is 25.4 Å². The molecule has 2 heterocycles. The monoisotopic (exact) mass is 224 g/mol. The molecule has 1 aliphatic heterocycles. The van der Waals surface area contributed by atoms with E-state index in [1.54, 1.807) is 19.4 Å². The van der Waals surface area contributed by atoms with Gasteiger partial charge in [-0.15, -0.1) is 0 Å². The van der Waals surface area contributed by atoms with Gasteiger partial charge in [-0.1, -0.05) is 0 Å². The maximum absolute atomic E-state index is 13.0. The van der Waals surface area contributed by atoms with Crippen LogP contribution in [0.5, 0.6) is 0 Å². The lowest BCUT2D eigenvalue weighted by molar-refractivity contribution is 0.160. The summed E-state index contributed by atoms with van der Waals surface area (Å²) in [4.78, 5) is 6.24. The van der Waals surface area contributed by atoms with Crippen LogP contribution in [0.25, 0.3) is 0 Å². The van der Waals surface area contributed by atoms with Crippen molar-refractivity contribution in [1.29, 1.82) is 0 Å². The van der Waals surface area contributed by atoms with E-state index in [1.807, 2.05) is 0 Å². The zero-order valence-electron chi connectivity index (χ0n) is 9.53. The molecule has 1 atom stereocenters. The summed E-state index contributed by atoms with van der Waals surface area (Å²) in [6, 6.07) is 1.59. The van der Waals surface area contributed by atoms with Crippen LogP contribution in [0, 0.1) is 5.82 Å². The Hall–Kier alpha value is -1.00. The number of aromatic nitrogens is 1. The predicted octanol–water partition coefficient (Wildman–Crippen LogP) is 1.66. The normalized spacial score (nSPS) is 21.5. The second-order valence-corrected chi connectivity index (χ2v) is 4.22. The minimum atomic E-state index is -0.243. The summed E-state index contributed by atoms with van der Waals surface area (Å²) in [7, 11) is 1.71. The highest BCUT2D eigenvalue weighted by molar-refractivity contribution is 5.17. The van der Waals surface area contributed by atoms with E-state index in [-0.39, 0.29) is 5.82 Å². The lowest BCUT2D eigenvalue weighted by atomic mass is 10.0. The molecule has 0 saturated carbocycles. The Balaban J connectivity index is 1.93. The molecule has 0 spiro atoms. The molecule has 4 heteroatoms. The lowest BCUT2D eigenvalue weighted by Gasteiger charge is -2.15. The van der Waals surface area contributed by atoms with Gasteiger partial charge in [0.1, 0.15) is 5.82 Å². The fourth-order valence-corrected chi connectivity index (χ4v) is 2.18. The lowest BCUT2D eigenvalue weighted by Crippen LogP contribution is -2.24. The van der Waals surface area contributed by atoms with Crippen molar-refractivity contribution in [2.45, 2.75) is 12.3 Å². The van der Waals surface area contributed by atoms with Gasteiger partial charge < -0.3 is 9.64 Å². The smallest absolute Gasteiger partial charge is 0.141 e. The van der Waals surface area contributed by atoms with Crippen molar-refractivity contribution < 1.29 is 9.13 Å². The summed E-state index contributed by atoms with van der Waals surface area (Å²) in [6.07, 6.45) is 4.10. The standard InChI is InChI=1S/C12H17FN2O/c1-16-5-4-15-3-2-10(9-15)11-6-12(13)8-14-7-11/h6-8,10H,2-5,9H2,1H3. The number of rotatable bonds is 4. The van der Waals surface area contributed by atoms with Gasteiger partial charge in [-0.05, 0) is 30.5 Å². The van der Waals surface area contributed by atoms with Gasteiger partial charge in [0.15, 0.2) is 0 Å². The van der Waals surface area contributed by atoms with Crippen LogP contribution < -0.4 is 0 Å². The maximum Gasteiger partial charge on any atom is 0.141 e. The second kappa shape index (κ2) is 5.37. The molecule has 1 aliphatic rings. The summed E-state index contributed by atoms with van der Waals surface area (Å²) >= 11 is 0. The van der Waals surface area contributed by atoms with Crippen molar-refractivity contribution in [1.82, 2.24) is 9.88 Å². The van der Waals surface area contributed by atoms with E-state index in [9.17, 15) is 4.39 Å². The molecule has 0 bridgehead atoms. The van der Waals surface area contributed by atoms with Crippen LogP contribution in [0.1, 0.15) is 17.9 Å². The van der Waals surface area contributed by atoms with Crippen LogP contribution >= 0.6 is 0 Å². The van der Waals surface area contributed by atoms with E-state index < -0.39 is 0 Å². The Kier molecular flexibility index (Phi) is 3.85. The molecule has 0 amide bonds. The van der Waals surface area contributed by atoms with E-state index in [0.29, 0.717) is 5.92 Å². The highest BCUT2D eigenvalue weighted by Crippen LogP contribution is 2.26. The average Bonchev–Trinajstić information content (AvgIpc) is 2.75. The van der Waals surface area contributed by atoms with Gasteiger partial charge in [0, 0.05) is 26.4 Å². The third kappa shape index (κ3) is 2.77. The first-order chi connectivity index (χ1) is 7.79. The molecule has 1 aromatic rings. The first kappa shape index (κ1) is 11.5. The van der Waals surface area contributed by atoms with E-state index in [4.69, 9.17) is 4.74 Å². The van der Waals surface area contributed by atoms with Crippen LogP contribution in [-0.4, -0.2) is 43.2 Å². The van der Waals surface area contributed by atoms with E-state index in [0.717, 1.165) is 38.2 Å². The fraction of sp³-hybridized carbons (Fsp3) is 0.583. The quantitative estimate of drug-likeness (QED) is 0.777. The van der Waals surface area contributed by atoms with Crippen molar-refractivity contribution in [3.05, 3.63) is 29.8 Å². The maximum atomic E-state index is 13.0. The van der Waals surface area contributed by atoms with Crippen molar-refractivity contribution in [2.24, 2.45) is 0 Å². The molecule has 88 valence electrons. The Morgan fingerprint density at radius 2 is 2.44 bits per heavy atom. The number of likely N-dealkylation sites (tertiary alicyclic amines) is 1. The van der Waals surface area contributed by atoms with Gasteiger partial charge in [0.2, 0.25) is 0 Å². The molecule has 0 aliphatic carbocycles. The number of hydrogen-bond acceptors (Lipinski definition) is 3. The number of pyridine rings is 1. The molecular formula is C12H17FN2O. The van der Waals surface area contributed by atoms with E-state index >= 15 is 0 Å². The summed E-state index contributed by atoms with van der Waals surface area (Å²) in [5.74, 6) is 0.174. The summed E-state index contributed by atoms with van der Waals surface area (Å²) in [6.45, 7) is 3.75. The van der Waals surface area contributed by atoms with Gasteiger partial charge >= 0.3 is 0 Å². The SMILES string of the molecule is COCCN1CCC(c2cncc(F)c2)C1. The van der Waals surface area contributed by atoms with Crippen molar-refractivity contribution in [3.63, 3.8) is 0 Å². The van der Waals surface area contributed by atoms with Crippen LogP contribution in [-0.2, 0) is 4.74 Å². The molecule has 1 saturated heterocycles. The molecule has 1 unspecified atom stereocenters. The number of ether oxygens (including phenoxy) is 1. The second-order valence-electron chi connectivity index (χ2n) is 4.22. The third-order valence-electron chi connectivity index (χ3n) is 3.08. The summed E-state index contributed by atoms with van der Waals surface area (Å²) < 4.78 is 18.1. The van der Waals surface area contributed by atoms with Crippen LogP contribution in [0.15, 0.2) is 18.5 Å². The fourth-order valence-electron chi connectivity index (χ4n) is 2.18. The molecule has 1 fully saturated rings.